The van der Waals surface area contributed by atoms with E-state index in [4.69, 9.17) is 11.6 Å². The van der Waals surface area contributed by atoms with Crippen molar-refractivity contribution in [3.63, 3.8) is 0 Å². The third kappa shape index (κ3) is 4.36. The second-order valence-electron chi connectivity index (χ2n) is 5.34. The number of nitrogens with zero attached hydrogens (tertiary/aromatic N) is 1. The van der Waals surface area contributed by atoms with E-state index < -0.39 is 0 Å². The lowest BCUT2D eigenvalue weighted by molar-refractivity contribution is -0.129. The van der Waals surface area contributed by atoms with Crippen molar-refractivity contribution in [3.05, 3.63) is 28.8 Å². The number of carbonyl (C=O) groups excluding carboxylic acids is 2. The molecule has 1 aliphatic rings. The summed E-state index contributed by atoms with van der Waals surface area (Å²) in [5.41, 5.74) is 1.64. The zero-order chi connectivity index (χ0) is 15.4. The molecular formula is C15H20ClN3O2. The number of aryl methyl sites for hydroxylation is 1. The maximum Gasteiger partial charge on any atom is 0.319 e. The molecule has 2 rings (SSSR count). The lowest BCUT2D eigenvalue weighted by Crippen LogP contribution is -2.47. The average Bonchev–Trinajstić information content (AvgIpc) is 2.43. The summed E-state index contributed by atoms with van der Waals surface area (Å²) >= 11 is 6.03. The first-order chi connectivity index (χ1) is 9.95. The zero-order valence-corrected chi connectivity index (χ0v) is 13.0. The van der Waals surface area contributed by atoms with Crippen LogP contribution < -0.4 is 10.6 Å². The largest absolute Gasteiger partial charge is 0.343 e. The zero-order valence-electron chi connectivity index (χ0n) is 12.3. The lowest BCUT2D eigenvalue weighted by atomic mass is 10.1. The standard InChI is InChI=1S/C15H20ClN3O2/c1-10-3-4-13(9-14(10)16)18-15(21)17-12-5-7-19(8-6-12)11(2)20/h3-4,9,12H,5-8H2,1-2H3,(H2,17,18,21). The van der Waals surface area contributed by atoms with Crippen molar-refractivity contribution in [3.8, 4) is 0 Å². The summed E-state index contributed by atoms with van der Waals surface area (Å²) in [5, 5.41) is 6.33. The second-order valence-corrected chi connectivity index (χ2v) is 5.75. The molecule has 0 radical (unpaired) electrons. The highest BCUT2D eigenvalue weighted by Gasteiger charge is 2.21. The summed E-state index contributed by atoms with van der Waals surface area (Å²) < 4.78 is 0. The predicted molar refractivity (Wildman–Crippen MR) is 83.6 cm³/mol. The molecular weight excluding hydrogens is 290 g/mol. The summed E-state index contributed by atoms with van der Waals surface area (Å²) in [6, 6.07) is 5.27. The van der Waals surface area contributed by atoms with Crippen LogP contribution in [0.5, 0.6) is 0 Å². The van der Waals surface area contributed by atoms with E-state index in [9.17, 15) is 9.59 Å². The Hall–Kier alpha value is -1.75. The molecule has 0 atom stereocenters. The number of piperidine rings is 1. The molecule has 114 valence electrons. The number of nitrogens with one attached hydrogen (secondary N) is 2. The van der Waals surface area contributed by atoms with Crippen LogP contribution in [0.3, 0.4) is 0 Å². The highest BCUT2D eigenvalue weighted by molar-refractivity contribution is 6.31. The van der Waals surface area contributed by atoms with E-state index in [0.29, 0.717) is 23.8 Å². The molecule has 0 bridgehead atoms. The van der Waals surface area contributed by atoms with Gasteiger partial charge in [-0.25, -0.2) is 4.79 Å². The Bertz CT molecular complexity index is 540. The molecule has 0 saturated carbocycles. The van der Waals surface area contributed by atoms with E-state index in [-0.39, 0.29) is 18.0 Å². The smallest absolute Gasteiger partial charge is 0.319 e. The minimum absolute atomic E-state index is 0.0900. The summed E-state index contributed by atoms with van der Waals surface area (Å²) in [4.78, 5) is 25.0. The van der Waals surface area contributed by atoms with Gasteiger partial charge in [-0.1, -0.05) is 17.7 Å². The first-order valence-electron chi connectivity index (χ1n) is 7.05. The Balaban J connectivity index is 1.82. The molecule has 1 aromatic carbocycles. The number of halogens is 1. The van der Waals surface area contributed by atoms with E-state index in [2.05, 4.69) is 10.6 Å². The number of anilines is 1. The maximum atomic E-state index is 11.9. The van der Waals surface area contributed by atoms with Gasteiger partial charge in [0.25, 0.3) is 0 Å². The normalized spacial score (nSPS) is 15.7. The van der Waals surface area contributed by atoms with Crippen LogP contribution in [0.4, 0.5) is 10.5 Å². The Morgan fingerprint density at radius 3 is 2.52 bits per heavy atom. The number of hydrogen-bond donors (Lipinski definition) is 2. The summed E-state index contributed by atoms with van der Waals surface area (Å²) in [6.07, 6.45) is 1.56. The second kappa shape index (κ2) is 6.80. The van der Waals surface area contributed by atoms with Gasteiger partial charge in [0.05, 0.1) is 0 Å². The first kappa shape index (κ1) is 15.6. The highest BCUT2D eigenvalue weighted by atomic mass is 35.5. The maximum absolute atomic E-state index is 11.9. The van der Waals surface area contributed by atoms with Crippen molar-refractivity contribution in [1.29, 1.82) is 0 Å². The highest BCUT2D eigenvalue weighted by Crippen LogP contribution is 2.20. The fourth-order valence-electron chi connectivity index (χ4n) is 2.36. The minimum atomic E-state index is -0.240. The van der Waals surface area contributed by atoms with Crippen molar-refractivity contribution in [2.75, 3.05) is 18.4 Å². The number of amides is 3. The number of urea groups is 1. The van der Waals surface area contributed by atoms with E-state index in [0.717, 1.165) is 18.4 Å². The lowest BCUT2D eigenvalue weighted by Gasteiger charge is -2.31. The Morgan fingerprint density at radius 1 is 1.29 bits per heavy atom. The van der Waals surface area contributed by atoms with Gasteiger partial charge in [-0.05, 0) is 37.5 Å². The molecule has 5 nitrogen and oxygen atoms in total. The summed E-state index contributed by atoms with van der Waals surface area (Å²) in [6.45, 7) is 4.86. The quantitative estimate of drug-likeness (QED) is 0.882. The molecule has 6 heteroatoms. The molecule has 1 aliphatic heterocycles. The van der Waals surface area contributed by atoms with Crippen molar-refractivity contribution in [2.45, 2.75) is 32.7 Å². The number of hydrogen-bond acceptors (Lipinski definition) is 2. The van der Waals surface area contributed by atoms with Crippen LogP contribution in [-0.4, -0.2) is 36.0 Å². The van der Waals surface area contributed by atoms with Gasteiger partial charge in [-0.15, -0.1) is 0 Å². The molecule has 0 unspecified atom stereocenters. The summed E-state index contributed by atoms with van der Waals surface area (Å²) in [5.74, 6) is 0.0900. The van der Waals surface area contributed by atoms with Gasteiger partial charge < -0.3 is 15.5 Å². The molecule has 21 heavy (non-hydrogen) atoms. The van der Waals surface area contributed by atoms with Gasteiger partial charge in [0.1, 0.15) is 0 Å². The van der Waals surface area contributed by atoms with Crippen LogP contribution in [0, 0.1) is 6.92 Å². The molecule has 1 saturated heterocycles. The van der Waals surface area contributed by atoms with E-state index >= 15 is 0 Å². The molecule has 3 amide bonds. The third-order valence-corrected chi connectivity index (χ3v) is 4.11. The van der Waals surface area contributed by atoms with Crippen LogP contribution in [0.25, 0.3) is 0 Å². The average molecular weight is 310 g/mol. The van der Waals surface area contributed by atoms with Gasteiger partial charge in [-0.3, -0.25) is 4.79 Å². The van der Waals surface area contributed by atoms with Gasteiger partial charge >= 0.3 is 6.03 Å². The molecule has 1 aromatic rings. The molecule has 1 fully saturated rings. The fraction of sp³-hybridized carbons (Fsp3) is 0.467. The van der Waals surface area contributed by atoms with Crippen molar-refractivity contribution in [1.82, 2.24) is 10.2 Å². The van der Waals surface area contributed by atoms with E-state index in [1.165, 1.54) is 0 Å². The molecule has 0 spiro atoms. The van der Waals surface area contributed by atoms with Crippen molar-refractivity contribution >= 4 is 29.2 Å². The Labute approximate surface area is 129 Å². The monoisotopic (exact) mass is 309 g/mol. The Kier molecular flexibility index (Phi) is 5.07. The number of benzene rings is 1. The van der Waals surface area contributed by atoms with Crippen molar-refractivity contribution < 1.29 is 9.59 Å². The van der Waals surface area contributed by atoms with Gasteiger partial charge in [0.15, 0.2) is 0 Å². The van der Waals surface area contributed by atoms with Crippen LogP contribution in [0.15, 0.2) is 18.2 Å². The number of likely N-dealkylation sites (tertiary alicyclic amines) is 1. The van der Waals surface area contributed by atoms with Gasteiger partial charge in [0.2, 0.25) is 5.91 Å². The number of rotatable bonds is 2. The van der Waals surface area contributed by atoms with Crippen LogP contribution in [0.1, 0.15) is 25.3 Å². The SMILES string of the molecule is CC(=O)N1CCC(NC(=O)Nc2ccc(C)c(Cl)c2)CC1. The molecule has 2 N–H and O–H groups in total. The first-order valence-corrected chi connectivity index (χ1v) is 7.42. The van der Waals surface area contributed by atoms with Gasteiger partial charge in [0, 0.05) is 36.8 Å². The Morgan fingerprint density at radius 2 is 1.95 bits per heavy atom. The van der Waals surface area contributed by atoms with Crippen molar-refractivity contribution in [2.24, 2.45) is 0 Å². The third-order valence-electron chi connectivity index (χ3n) is 3.71. The van der Waals surface area contributed by atoms with Crippen LogP contribution >= 0.6 is 11.6 Å². The fourth-order valence-corrected chi connectivity index (χ4v) is 2.54. The predicted octanol–water partition coefficient (Wildman–Crippen LogP) is 2.78. The molecule has 1 heterocycles. The molecule has 0 aromatic heterocycles. The minimum Gasteiger partial charge on any atom is -0.343 e. The molecule has 0 aliphatic carbocycles. The van der Waals surface area contributed by atoms with Gasteiger partial charge in [-0.2, -0.15) is 0 Å². The van der Waals surface area contributed by atoms with E-state index in [1.54, 1.807) is 17.9 Å². The topological polar surface area (TPSA) is 61.4 Å². The summed E-state index contributed by atoms with van der Waals surface area (Å²) in [7, 11) is 0. The van der Waals surface area contributed by atoms with Crippen LogP contribution in [0.2, 0.25) is 5.02 Å². The van der Waals surface area contributed by atoms with E-state index in [1.807, 2.05) is 19.1 Å². The number of carbonyl (C=O) groups is 2. The van der Waals surface area contributed by atoms with Crippen LogP contribution in [-0.2, 0) is 4.79 Å².